The maximum absolute atomic E-state index is 5.49. The van der Waals surface area contributed by atoms with Gasteiger partial charge in [0, 0.05) is 22.4 Å². The minimum absolute atomic E-state index is 0.703. The molecule has 0 saturated carbocycles. The molecule has 0 fully saturated rings. The highest BCUT2D eigenvalue weighted by Gasteiger charge is 2.03. The summed E-state index contributed by atoms with van der Waals surface area (Å²) in [6.07, 6.45) is 0. The number of benzene rings is 1. The molecule has 1 heterocycles. The van der Waals surface area contributed by atoms with Crippen LogP contribution in [-0.4, -0.2) is 6.61 Å². The van der Waals surface area contributed by atoms with Crippen molar-refractivity contribution in [2.45, 2.75) is 20.0 Å². The van der Waals surface area contributed by atoms with E-state index in [1.807, 2.05) is 19.1 Å². The van der Waals surface area contributed by atoms with Gasteiger partial charge in [0.05, 0.1) is 10.4 Å². The van der Waals surface area contributed by atoms with E-state index in [0.29, 0.717) is 6.61 Å². The van der Waals surface area contributed by atoms with E-state index in [1.54, 1.807) is 11.3 Å². The Morgan fingerprint density at radius 2 is 2.05 bits per heavy atom. The van der Waals surface area contributed by atoms with Gasteiger partial charge in [-0.25, -0.2) is 0 Å². The van der Waals surface area contributed by atoms with E-state index in [9.17, 15) is 0 Å². The molecular formula is C14H15Br2NOS. The second kappa shape index (κ2) is 7.43. The summed E-state index contributed by atoms with van der Waals surface area (Å²) in [6, 6.07) is 10.3. The predicted octanol–water partition coefficient (Wildman–Crippen LogP) is 4.96. The van der Waals surface area contributed by atoms with Crippen LogP contribution >= 0.6 is 43.2 Å². The van der Waals surface area contributed by atoms with Gasteiger partial charge in [0.25, 0.3) is 0 Å². The summed E-state index contributed by atoms with van der Waals surface area (Å²) in [4.78, 5) is 1.31. The minimum atomic E-state index is 0.703. The fraction of sp³-hybridized carbons (Fsp3) is 0.286. The maximum atomic E-state index is 5.49. The summed E-state index contributed by atoms with van der Waals surface area (Å²) in [7, 11) is 0. The first-order chi connectivity index (χ1) is 9.19. The van der Waals surface area contributed by atoms with Gasteiger partial charge in [-0.15, -0.1) is 11.3 Å². The van der Waals surface area contributed by atoms with Crippen molar-refractivity contribution in [3.63, 3.8) is 0 Å². The lowest BCUT2D eigenvalue weighted by atomic mass is 10.2. The molecule has 0 aliphatic rings. The van der Waals surface area contributed by atoms with Crippen LogP contribution < -0.4 is 10.1 Å². The van der Waals surface area contributed by atoms with Crippen LogP contribution in [0.1, 0.15) is 17.4 Å². The zero-order valence-corrected chi connectivity index (χ0v) is 14.6. The van der Waals surface area contributed by atoms with Crippen molar-refractivity contribution < 1.29 is 4.74 Å². The number of thiophene rings is 1. The molecule has 0 radical (unpaired) electrons. The van der Waals surface area contributed by atoms with Crippen molar-refractivity contribution in [1.29, 1.82) is 0 Å². The van der Waals surface area contributed by atoms with E-state index in [1.165, 1.54) is 10.4 Å². The van der Waals surface area contributed by atoms with Crippen molar-refractivity contribution in [1.82, 2.24) is 5.32 Å². The molecule has 0 atom stereocenters. The van der Waals surface area contributed by atoms with Gasteiger partial charge in [-0.1, -0.05) is 12.1 Å². The number of halogens is 2. The van der Waals surface area contributed by atoms with E-state index in [4.69, 9.17) is 4.74 Å². The fourth-order valence-corrected chi connectivity index (χ4v) is 3.87. The quantitative estimate of drug-likeness (QED) is 0.734. The SMILES string of the molecule is CCOc1cccc(CNCc2cc(Br)c(Br)s2)c1. The average Bonchev–Trinajstić information content (AvgIpc) is 2.70. The Kier molecular flexibility index (Phi) is 5.88. The molecule has 0 unspecified atom stereocenters. The Morgan fingerprint density at radius 3 is 2.74 bits per heavy atom. The van der Waals surface area contributed by atoms with Crippen LogP contribution in [0.3, 0.4) is 0 Å². The summed E-state index contributed by atoms with van der Waals surface area (Å²) in [5.41, 5.74) is 1.24. The van der Waals surface area contributed by atoms with Gasteiger partial charge in [-0.3, -0.25) is 0 Å². The molecule has 2 aromatic rings. The van der Waals surface area contributed by atoms with E-state index in [0.717, 1.165) is 27.1 Å². The van der Waals surface area contributed by atoms with Gasteiger partial charge < -0.3 is 10.1 Å². The summed E-state index contributed by atoms with van der Waals surface area (Å²) < 4.78 is 7.75. The summed E-state index contributed by atoms with van der Waals surface area (Å²) >= 11 is 8.75. The van der Waals surface area contributed by atoms with E-state index in [2.05, 4.69) is 55.4 Å². The van der Waals surface area contributed by atoms with Gasteiger partial charge in [0.1, 0.15) is 5.75 Å². The number of ether oxygens (including phenoxy) is 1. The molecule has 1 aromatic carbocycles. The third-order valence-corrected chi connectivity index (χ3v) is 5.79. The zero-order chi connectivity index (χ0) is 13.7. The van der Waals surface area contributed by atoms with Crippen molar-refractivity contribution in [2.24, 2.45) is 0 Å². The number of hydrogen-bond donors (Lipinski definition) is 1. The Bertz CT molecular complexity index is 522. The number of rotatable bonds is 6. The molecule has 19 heavy (non-hydrogen) atoms. The highest BCUT2D eigenvalue weighted by Crippen LogP contribution is 2.32. The standard InChI is InChI=1S/C14H15Br2NOS/c1-2-18-11-5-3-4-10(6-11)8-17-9-12-7-13(15)14(16)19-12/h3-7,17H,2,8-9H2,1H3. The van der Waals surface area contributed by atoms with E-state index < -0.39 is 0 Å². The average molecular weight is 405 g/mol. The number of hydrogen-bond acceptors (Lipinski definition) is 3. The smallest absolute Gasteiger partial charge is 0.119 e. The van der Waals surface area contributed by atoms with Gasteiger partial charge in [0.15, 0.2) is 0 Å². The lowest BCUT2D eigenvalue weighted by molar-refractivity contribution is 0.340. The van der Waals surface area contributed by atoms with Crippen LogP contribution in [-0.2, 0) is 13.1 Å². The Hall–Kier alpha value is -0.360. The fourth-order valence-electron chi connectivity index (χ4n) is 1.72. The zero-order valence-electron chi connectivity index (χ0n) is 10.6. The summed E-state index contributed by atoms with van der Waals surface area (Å²) in [5, 5.41) is 3.44. The molecule has 2 rings (SSSR count). The monoisotopic (exact) mass is 403 g/mol. The van der Waals surface area contributed by atoms with Crippen LogP contribution in [0.15, 0.2) is 38.6 Å². The van der Waals surface area contributed by atoms with Crippen molar-refractivity contribution in [3.05, 3.63) is 49.0 Å². The third-order valence-electron chi connectivity index (χ3n) is 2.53. The van der Waals surface area contributed by atoms with Gasteiger partial charge in [0.2, 0.25) is 0 Å². The first-order valence-electron chi connectivity index (χ1n) is 6.05. The Labute approximate surface area is 134 Å². The molecule has 102 valence electrons. The Morgan fingerprint density at radius 1 is 1.21 bits per heavy atom. The maximum Gasteiger partial charge on any atom is 0.119 e. The van der Waals surface area contributed by atoms with Crippen LogP contribution in [0.5, 0.6) is 5.75 Å². The van der Waals surface area contributed by atoms with Crippen LogP contribution in [0.2, 0.25) is 0 Å². The second-order valence-electron chi connectivity index (χ2n) is 4.02. The van der Waals surface area contributed by atoms with Crippen LogP contribution in [0, 0.1) is 0 Å². The van der Waals surface area contributed by atoms with Gasteiger partial charge in [-0.2, -0.15) is 0 Å². The highest BCUT2D eigenvalue weighted by molar-refractivity contribution is 9.13. The van der Waals surface area contributed by atoms with Crippen molar-refractivity contribution in [3.8, 4) is 5.75 Å². The highest BCUT2D eigenvalue weighted by atomic mass is 79.9. The lowest BCUT2D eigenvalue weighted by Crippen LogP contribution is -2.11. The summed E-state index contributed by atoms with van der Waals surface area (Å²) in [5.74, 6) is 0.934. The molecule has 0 bridgehead atoms. The normalized spacial score (nSPS) is 10.7. The van der Waals surface area contributed by atoms with Gasteiger partial charge in [-0.05, 0) is 62.5 Å². The molecule has 1 N–H and O–H groups in total. The number of nitrogens with one attached hydrogen (secondary N) is 1. The van der Waals surface area contributed by atoms with E-state index >= 15 is 0 Å². The Balaban J connectivity index is 1.86. The molecule has 1 aromatic heterocycles. The van der Waals surface area contributed by atoms with Crippen LogP contribution in [0.25, 0.3) is 0 Å². The first-order valence-corrected chi connectivity index (χ1v) is 8.45. The molecule has 0 aliphatic carbocycles. The molecule has 0 saturated heterocycles. The van der Waals surface area contributed by atoms with Crippen molar-refractivity contribution >= 4 is 43.2 Å². The first kappa shape index (κ1) is 15.0. The van der Waals surface area contributed by atoms with Crippen molar-refractivity contribution in [2.75, 3.05) is 6.61 Å². The largest absolute Gasteiger partial charge is 0.494 e. The summed E-state index contributed by atoms with van der Waals surface area (Å²) in [6.45, 7) is 4.41. The van der Waals surface area contributed by atoms with E-state index in [-0.39, 0.29) is 0 Å². The second-order valence-corrected chi connectivity index (χ2v) is 7.33. The molecule has 2 nitrogen and oxygen atoms in total. The third kappa shape index (κ3) is 4.60. The molecule has 0 aliphatic heterocycles. The lowest BCUT2D eigenvalue weighted by Gasteiger charge is -2.07. The van der Waals surface area contributed by atoms with Gasteiger partial charge >= 0.3 is 0 Å². The minimum Gasteiger partial charge on any atom is -0.494 e. The predicted molar refractivity (Wildman–Crippen MR) is 87.9 cm³/mol. The topological polar surface area (TPSA) is 21.3 Å². The molecule has 5 heteroatoms. The molecular weight excluding hydrogens is 390 g/mol. The molecule has 0 spiro atoms. The molecule has 0 amide bonds. The van der Waals surface area contributed by atoms with Crippen LogP contribution in [0.4, 0.5) is 0 Å².